The Morgan fingerprint density at radius 2 is 2.24 bits per heavy atom. The van der Waals surface area contributed by atoms with Gasteiger partial charge >= 0.3 is 0 Å². The van der Waals surface area contributed by atoms with Crippen LogP contribution in [-0.2, 0) is 0 Å². The zero-order chi connectivity index (χ0) is 15.2. The zero-order valence-electron chi connectivity index (χ0n) is 13.0. The highest BCUT2D eigenvalue weighted by Crippen LogP contribution is 2.19. The second-order valence-electron chi connectivity index (χ2n) is 5.86. The van der Waals surface area contributed by atoms with E-state index in [0.29, 0.717) is 6.04 Å². The van der Waals surface area contributed by atoms with Crippen molar-refractivity contribution in [2.45, 2.75) is 45.6 Å². The summed E-state index contributed by atoms with van der Waals surface area (Å²) in [5.74, 6) is 0.143. The summed E-state index contributed by atoms with van der Waals surface area (Å²) < 4.78 is 1.00. The van der Waals surface area contributed by atoms with Crippen LogP contribution in [0.2, 0.25) is 0 Å². The van der Waals surface area contributed by atoms with Gasteiger partial charge in [0.2, 0.25) is 0 Å². The molecule has 1 aliphatic heterocycles. The molecule has 1 N–H and O–H groups in total. The summed E-state index contributed by atoms with van der Waals surface area (Å²) in [5.41, 5.74) is 1.93. The highest BCUT2D eigenvalue weighted by Gasteiger charge is 2.21. The van der Waals surface area contributed by atoms with Gasteiger partial charge in [-0.25, -0.2) is 0 Å². The molecule has 116 valence electrons. The number of hydrogen-bond donors (Lipinski definition) is 1. The van der Waals surface area contributed by atoms with Crippen LogP contribution in [0.1, 0.15) is 48.5 Å². The van der Waals surface area contributed by atoms with Gasteiger partial charge in [-0.05, 0) is 50.4 Å². The first-order valence-corrected chi connectivity index (χ1v) is 8.70. The molecule has 1 amide bonds. The van der Waals surface area contributed by atoms with Gasteiger partial charge in [0.25, 0.3) is 5.91 Å². The van der Waals surface area contributed by atoms with Gasteiger partial charge in [-0.1, -0.05) is 35.3 Å². The number of benzene rings is 1. The van der Waals surface area contributed by atoms with Crippen LogP contribution in [-0.4, -0.2) is 36.5 Å². The van der Waals surface area contributed by atoms with Gasteiger partial charge in [0, 0.05) is 29.2 Å². The van der Waals surface area contributed by atoms with E-state index in [0.717, 1.165) is 41.7 Å². The summed E-state index contributed by atoms with van der Waals surface area (Å²) in [6, 6.07) is 6.32. The van der Waals surface area contributed by atoms with Crippen molar-refractivity contribution in [3.05, 3.63) is 33.8 Å². The van der Waals surface area contributed by atoms with Crippen LogP contribution in [0.5, 0.6) is 0 Å². The van der Waals surface area contributed by atoms with Crippen molar-refractivity contribution in [2.24, 2.45) is 0 Å². The van der Waals surface area contributed by atoms with E-state index in [1.807, 2.05) is 30.0 Å². The highest BCUT2D eigenvalue weighted by molar-refractivity contribution is 9.10. The van der Waals surface area contributed by atoms with E-state index in [1.165, 1.54) is 19.3 Å². The van der Waals surface area contributed by atoms with E-state index in [4.69, 9.17) is 0 Å². The summed E-state index contributed by atoms with van der Waals surface area (Å²) in [7, 11) is 0. The van der Waals surface area contributed by atoms with E-state index in [2.05, 4.69) is 28.2 Å². The van der Waals surface area contributed by atoms with Crippen molar-refractivity contribution in [1.82, 2.24) is 10.2 Å². The minimum atomic E-state index is 0.143. The smallest absolute Gasteiger partial charge is 0.253 e. The molecule has 1 unspecified atom stereocenters. The first-order valence-electron chi connectivity index (χ1n) is 7.90. The van der Waals surface area contributed by atoms with Gasteiger partial charge in [0.15, 0.2) is 0 Å². The third-order valence-corrected chi connectivity index (χ3v) is 4.91. The minimum Gasteiger partial charge on any atom is -0.337 e. The molecule has 1 aromatic rings. The average molecular weight is 353 g/mol. The molecule has 3 nitrogen and oxygen atoms in total. The second-order valence-corrected chi connectivity index (χ2v) is 6.72. The van der Waals surface area contributed by atoms with Crippen molar-refractivity contribution in [2.75, 3.05) is 19.6 Å². The Balaban J connectivity index is 2.08. The molecular formula is C17H25BrN2O. The number of carbonyl (C=O) groups excluding carboxylic acids is 1. The van der Waals surface area contributed by atoms with Crippen molar-refractivity contribution in [1.29, 1.82) is 0 Å². The summed E-state index contributed by atoms with van der Waals surface area (Å²) in [5, 5.41) is 3.53. The second kappa shape index (κ2) is 7.95. The topological polar surface area (TPSA) is 32.3 Å². The van der Waals surface area contributed by atoms with Gasteiger partial charge in [-0.3, -0.25) is 4.79 Å². The van der Waals surface area contributed by atoms with E-state index in [-0.39, 0.29) is 5.91 Å². The Morgan fingerprint density at radius 1 is 1.43 bits per heavy atom. The third kappa shape index (κ3) is 4.55. The van der Waals surface area contributed by atoms with Crippen LogP contribution in [0.25, 0.3) is 0 Å². The van der Waals surface area contributed by atoms with Gasteiger partial charge in [-0.15, -0.1) is 0 Å². The fourth-order valence-corrected chi connectivity index (χ4v) is 3.18. The van der Waals surface area contributed by atoms with Crippen LogP contribution in [0, 0.1) is 6.92 Å². The zero-order valence-corrected chi connectivity index (χ0v) is 14.6. The molecule has 1 fully saturated rings. The normalized spacial score (nSPS) is 18.5. The predicted molar refractivity (Wildman–Crippen MR) is 90.7 cm³/mol. The number of piperidine rings is 1. The maximum atomic E-state index is 12.7. The van der Waals surface area contributed by atoms with Crippen molar-refractivity contribution >= 4 is 21.8 Å². The van der Waals surface area contributed by atoms with E-state index < -0.39 is 0 Å². The maximum absolute atomic E-state index is 12.7. The monoisotopic (exact) mass is 352 g/mol. The first kappa shape index (κ1) is 16.5. The number of nitrogens with one attached hydrogen (secondary N) is 1. The van der Waals surface area contributed by atoms with Gasteiger partial charge in [0.05, 0.1) is 0 Å². The fourth-order valence-electron chi connectivity index (χ4n) is 2.80. The average Bonchev–Trinajstić information content (AvgIpc) is 2.50. The molecule has 1 aliphatic rings. The lowest BCUT2D eigenvalue weighted by atomic mass is 10.0. The van der Waals surface area contributed by atoms with E-state index >= 15 is 0 Å². The number of aryl methyl sites for hydroxylation is 1. The fraction of sp³-hybridized carbons (Fsp3) is 0.588. The molecule has 1 heterocycles. The van der Waals surface area contributed by atoms with Crippen LogP contribution in [0.15, 0.2) is 22.7 Å². The number of rotatable bonds is 5. The predicted octanol–water partition coefficient (Wildman–Crippen LogP) is 3.75. The van der Waals surface area contributed by atoms with Gasteiger partial charge < -0.3 is 10.2 Å². The molecule has 1 saturated heterocycles. The lowest BCUT2D eigenvalue weighted by molar-refractivity contribution is 0.0731. The van der Waals surface area contributed by atoms with Gasteiger partial charge in [0.1, 0.15) is 0 Å². The van der Waals surface area contributed by atoms with Crippen LogP contribution in [0.3, 0.4) is 0 Å². The molecule has 0 aliphatic carbocycles. The Bertz CT molecular complexity index is 484. The van der Waals surface area contributed by atoms with Crippen LogP contribution < -0.4 is 5.32 Å². The molecule has 0 spiro atoms. The molecular weight excluding hydrogens is 328 g/mol. The quantitative estimate of drug-likeness (QED) is 0.874. The maximum Gasteiger partial charge on any atom is 0.253 e. The molecule has 1 atom stereocenters. The SMILES string of the molecule is CCCN(CC1CCCCN1)C(=O)c1ccc(C)c(Br)c1. The van der Waals surface area contributed by atoms with Crippen molar-refractivity contribution in [3.8, 4) is 0 Å². The Kier molecular flexibility index (Phi) is 6.24. The Morgan fingerprint density at radius 3 is 2.86 bits per heavy atom. The minimum absolute atomic E-state index is 0.143. The van der Waals surface area contributed by atoms with E-state index in [1.54, 1.807) is 0 Å². The largest absolute Gasteiger partial charge is 0.337 e. The molecule has 0 saturated carbocycles. The summed E-state index contributed by atoms with van der Waals surface area (Å²) in [6.45, 7) is 6.88. The highest BCUT2D eigenvalue weighted by atomic mass is 79.9. The number of amides is 1. The molecule has 0 aromatic heterocycles. The van der Waals surface area contributed by atoms with Crippen molar-refractivity contribution in [3.63, 3.8) is 0 Å². The molecule has 21 heavy (non-hydrogen) atoms. The van der Waals surface area contributed by atoms with Gasteiger partial charge in [-0.2, -0.15) is 0 Å². The summed E-state index contributed by atoms with van der Waals surface area (Å²) in [6.07, 6.45) is 4.68. The van der Waals surface area contributed by atoms with Crippen LogP contribution in [0.4, 0.5) is 0 Å². The lowest BCUT2D eigenvalue weighted by Crippen LogP contribution is -2.46. The standard InChI is InChI=1S/C17H25BrN2O/c1-3-10-20(12-15-6-4-5-9-19-15)17(21)14-8-7-13(2)16(18)11-14/h7-8,11,15,19H,3-6,9-10,12H2,1-2H3. The number of nitrogens with zero attached hydrogens (tertiary/aromatic N) is 1. The molecule has 4 heteroatoms. The summed E-state index contributed by atoms with van der Waals surface area (Å²) >= 11 is 3.52. The number of carbonyl (C=O) groups is 1. The molecule has 1 aromatic carbocycles. The first-order chi connectivity index (χ1) is 10.1. The Labute approximate surface area is 136 Å². The Hall–Kier alpha value is -0.870. The number of hydrogen-bond acceptors (Lipinski definition) is 2. The molecule has 0 radical (unpaired) electrons. The lowest BCUT2D eigenvalue weighted by Gasteiger charge is -2.30. The third-order valence-electron chi connectivity index (χ3n) is 4.05. The summed E-state index contributed by atoms with van der Waals surface area (Å²) in [4.78, 5) is 14.7. The molecule has 0 bridgehead atoms. The van der Waals surface area contributed by atoms with E-state index in [9.17, 15) is 4.79 Å². The number of halogens is 1. The van der Waals surface area contributed by atoms with Crippen molar-refractivity contribution < 1.29 is 4.79 Å². The van der Waals surface area contributed by atoms with Crippen LogP contribution >= 0.6 is 15.9 Å². The molecule has 2 rings (SSSR count).